The summed E-state index contributed by atoms with van der Waals surface area (Å²) in [7, 11) is 0. The molecule has 20 heavy (non-hydrogen) atoms. The van der Waals surface area contributed by atoms with Crippen molar-refractivity contribution in [1.82, 2.24) is 14.4 Å². The monoisotopic (exact) mass is 287 g/mol. The van der Waals surface area contributed by atoms with Gasteiger partial charge in [0.15, 0.2) is 11.5 Å². The molecule has 3 rings (SSSR count). The molecule has 0 amide bonds. The first-order chi connectivity index (χ1) is 9.65. The molecule has 1 atom stereocenters. The number of imidazole rings is 1. The molecule has 3 aromatic heterocycles. The summed E-state index contributed by atoms with van der Waals surface area (Å²) >= 11 is 1.74. The van der Waals surface area contributed by atoms with Crippen LogP contribution in [-0.4, -0.2) is 14.4 Å². The third-order valence-electron chi connectivity index (χ3n) is 3.20. The number of rotatable bonds is 4. The number of nitrogen functional groups attached to an aromatic ring is 1. The topological polar surface area (TPSA) is 68.2 Å². The number of nitrogens with one attached hydrogen (secondary N) is 1. The molecule has 0 bridgehead atoms. The summed E-state index contributed by atoms with van der Waals surface area (Å²) in [5, 5.41) is 5.57. The number of nitrogens with two attached hydrogens (primary N) is 1. The molecule has 0 saturated carbocycles. The summed E-state index contributed by atoms with van der Waals surface area (Å²) in [6, 6.07) is 4.40. The molecule has 3 aromatic rings. The predicted octanol–water partition coefficient (Wildman–Crippen LogP) is 3.18. The molecule has 0 aliphatic rings. The molecule has 0 aliphatic carbocycles. The molecule has 0 aliphatic heterocycles. The van der Waals surface area contributed by atoms with Crippen molar-refractivity contribution in [1.29, 1.82) is 0 Å². The number of nitrogens with zero attached hydrogens (tertiary/aromatic N) is 3. The van der Waals surface area contributed by atoms with E-state index < -0.39 is 0 Å². The van der Waals surface area contributed by atoms with Crippen molar-refractivity contribution in [3.05, 3.63) is 41.0 Å². The SMILES string of the molecule is CC(C)C(Nc1nc(N)cn2ccnc12)c1cccs1. The fourth-order valence-corrected chi connectivity index (χ4v) is 3.18. The largest absolute Gasteiger partial charge is 0.382 e. The summed E-state index contributed by atoms with van der Waals surface area (Å²) in [6.45, 7) is 4.37. The van der Waals surface area contributed by atoms with Crippen LogP contribution in [0.5, 0.6) is 0 Å². The Balaban J connectivity index is 2.00. The second kappa shape index (κ2) is 5.13. The second-order valence-corrected chi connectivity index (χ2v) is 6.03. The first-order valence-corrected chi connectivity index (χ1v) is 7.42. The minimum atomic E-state index is 0.199. The molecule has 0 fully saturated rings. The molecular formula is C14H17N5S. The van der Waals surface area contributed by atoms with Gasteiger partial charge in [-0.15, -0.1) is 11.3 Å². The van der Waals surface area contributed by atoms with Gasteiger partial charge in [0, 0.05) is 17.3 Å². The molecule has 3 N–H and O–H groups in total. The highest BCUT2D eigenvalue weighted by molar-refractivity contribution is 7.10. The van der Waals surface area contributed by atoms with Crippen LogP contribution in [0.4, 0.5) is 11.6 Å². The fraction of sp³-hybridized carbons (Fsp3) is 0.286. The van der Waals surface area contributed by atoms with E-state index >= 15 is 0 Å². The van der Waals surface area contributed by atoms with E-state index in [4.69, 9.17) is 5.73 Å². The number of thiophene rings is 1. The lowest BCUT2D eigenvalue weighted by Gasteiger charge is -2.22. The molecule has 0 radical (unpaired) electrons. The Hall–Kier alpha value is -2.08. The van der Waals surface area contributed by atoms with Gasteiger partial charge in [0.25, 0.3) is 0 Å². The van der Waals surface area contributed by atoms with Gasteiger partial charge in [-0.25, -0.2) is 9.97 Å². The van der Waals surface area contributed by atoms with Gasteiger partial charge < -0.3 is 15.5 Å². The molecule has 0 aromatic carbocycles. The Kier molecular flexibility index (Phi) is 3.31. The summed E-state index contributed by atoms with van der Waals surface area (Å²) in [6.07, 6.45) is 5.38. The van der Waals surface area contributed by atoms with E-state index in [-0.39, 0.29) is 6.04 Å². The van der Waals surface area contributed by atoms with Crippen LogP contribution in [0.15, 0.2) is 36.1 Å². The quantitative estimate of drug-likeness (QED) is 0.773. The Morgan fingerprint density at radius 2 is 2.25 bits per heavy atom. The van der Waals surface area contributed by atoms with E-state index in [1.54, 1.807) is 23.7 Å². The Bertz CT molecular complexity index is 702. The van der Waals surface area contributed by atoms with Gasteiger partial charge in [-0.1, -0.05) is 19.9 Å². The van der Waals surface area contributed by atoms with Crippen LogP contribution in [0.2, 0.25) is 0 Å². The first kappa shape index (κ1) is 12.9. The maximum absolute atomic E-state index is 5.86. The average Bonchev–Trinajstić information content (AvgIpc) is 3.05. The lowest BCUT2D eigenvalue weighted by molar-refractivity contribution is 0.552. The third-order valence-corrected chi connectivity index (χ3v) is 4.16. The van der Waals surface area contributed by atoms with Crippen LogP contribution >= 0.6 is 11.3 Å². The number of aromatic nitrogens is 3. The van der Waals surface area contributed by atoms with Crippen LogP contribution < -0.4 is 11.1 Å². The third kappa shape index (κ3) is 2.34. The number of hydrogen-bond donors (Lipinski definition) is 2. The van der Waals surface area contributed by atoms with Gasteiger partial charge in [-0.05, 0) is 17.4 Å². The van der Waals surface area contributed by atoms with E-state index in [1.807, 2.05) is 10.6 Å². The lowest BCUT2D eigenvalue weighted by Crippen LogP contribution is -2.17. The molecule has 6 heteroatoms. The van der Waals surface area contributed by atoms with Gasteiger partial charge in [0.1, 0.15) is 5.82 Å². The normalized spacial score (nSPS) is 12.9. The highest BCUT2D eigenvalue weighted by Gasteiger charge is 2.19. The highest BCUT2D eigenvalue weighted by Crippen LogP contribution is 2.30. The zero-order chi connectivity index (χ0) is 14.1. The zero-order valence-corrected chi connectivity index (χ0v) is 12.3. The summed E-state index contributed by atoms with van der Waals surface area (Å²) in [5.74, 6) is 1.64. The van der Waals surface area contributed by atoms with E-state index in [0.717, 1.165) is 11.5 Å². The first-order valence-electron chi connectivity index (χ1n) is 6.54. The van der Waals surface area contributed by atoms with Gasteiger partial charge in [0.05, 0.1) is 12.2 Å². The number of fused-ring (bicyclic) bond motifs is 1. The van der Waals surface area contributed by atoms with Crippen molar-refractivity contribution in [2.45, 2.75) is 19.9 Å². The second-order valence-electron chi connectivity index (χ2n) is 5.05. The molecular weight excluding hydrogens is 270 g/mol. The maximum Gasteiger partial charge on any atom is 0.180 e. The molecule has 0 saturated heterocycles. The summed E-state index contributed by atoms with van der Waals surface area (Å²) < 4.78 is 1.89. The zero-order valence-electron chi connectivity index (χ0n) is 11.4. The van der Waals surface area contributed by atoms with Crippen molar-refractivity contribution >= 4 is 28.6 Å². The molecule has 5 nitrogen and oxygen atoms in total. The van der Waals surface area contributed by atoms with E-state index in [1.165, 1.54) is 4.88 Å². The Morgan fingerprint density at radius 3 is 2.95 bits per heavy atom. The molecule has 3 heterocycles. The van der Waals surface area contributed by atoms with Crippen LogP contribution in [0.3, 0.4) is 0 Å². The van der Waals surface area contributed by atoms with Crippen LogP contribution in [0.1, 0.15) is 24.8 Å². The van der Waals surface area contributed by atoms with Gasteiger partial charge in [-0.2, -0.15) is 0 Å². The molecule has 1 unspecified atom stereocenters. The Morgan fingerprint density at radius 1 is 1.40 bits per heavy atom. The Labute approximate surface area is 121 Å². The van der Waals surface area contributed by atoms with Crippen molar-refractivity contribution in [3.63, 3.8) is 0 Å². The smallest absolute Gasteiger partial charge is 0.180 e. The van der Waals surface area contributed by atoms with Crippen LogP contribution in [0.25, 0.3) is 5.65 Å². The minimum Gasteiger partial charge on any atom is -0.382 e. The highest BCUT2D eigenvalue weighted by atomic mass is 32.1. The standard InChI is InChI=1S/C14H17N5S/c1-9(2)12(10-4-3-7-20-10)18-13-14-16-5-6-19(14)8-11(15)17-13/h3-9,12H,15H2,1-2H3,(H,17,18). The molecule has 0 spiro atoms. The predicted molar refractivity (Wildman–Crippen MR) is 82.9 cm³/mol. The van der Waals surface area contributed by atoms with E-state index in [2.05, 4.69) is 46.6 Å². The number of hydrogen-bond acceptors (Lipinski definition) is 5. The van der Waals surface area contributed by atoms with Crippen LogP contribution in [-0.2, 0) is 0 Å². The maximum atomic E-state index is 5.86. The van der Waals surface area contributed by atoms with Crippen molar-refractivity contribution in [2.24, 2.45) is 5.92 Å². The van der Waals surface area contributed by atoms with E-state index in [9.17, 15) is 0 Å². The minimum absolute atomic E-state index is 0.199. The van der Waals surface area contributed by atoms with Gasteiger partial charge >= 0.3 is 0 Å². The fourth-order valence-electron chi connectivity index (χ4n) is 2.23. The van der Waals surface area contributed by atoms with E-state index in [0.29, 0.717) is 11.7 Å². The lowest BCUT2D eigenvalue weighted by atomic mass is 10.0. The summed E-state index contributed by atoms with van der Waals surface area (Å²) in [4.78, 5) is 10.0. The average molecular weight is 287 g/mol. The van der Waals surface area contributed by atoms with Gasteiger partial charge in [-0.3, -0.25) is 0 Å². The van der Waals surface area contributed by atoms with Crippen molar-refractivity contribution < 1.29 is 0 Å². The van der Waals surface area contributed by atoms with Crippen molar-refractivity contribution in [3.8, 4) is 0 Å². The summed E-state index contributed by atoms with van der Waals surface area (Å²) in [5.41, 5.74) is 6.65. The molecule has 104 valence electrons. The van der Waals surface area contributed by atoms with Crippen molar-refractivity contribution in [2.75, 3.05) is 11.1 Å². The van der Waals surface area contributed by atoms with Gasteiger partial charge in [0.2, 0.25) is 0 Å². The van der Waals surface area contributed by atoms with Crippen LogP contribution in [0, 0.1) is 5.92 Å². The number of anilines is 2.